The Bertz CT molecular complexity index is 538. The van der Waals surface area contributed by atoms with Crippen molar-refractivity contribution in [1.82, 2.24) is 10.2 Å². The lowest BCUT2D eigenvalue weighted by molar-refractivity contribution is -0.132. The Kier molecular flexibility index (Phi) is 5.98. The summed E-state index contributed by atoms with van der Waals surface area (Å²) < 4.78 is 0. The minimum Gasteiger partial charge on any atom is -0.343 e. The molecule has 0 aromatic rings. The van der Waals surface area contributed by atoms with Crippen molar-refractivity contribution in [3.05, 3.63) is 12.2 Å². The zero-order valence-corrected chi connectivity index (χ0v) is 15.1. The van der Waals surface area contributed by atoms with Gasteiger partial charge in [0.2, 0.25) is 11.8 Å². The highest BCUT2D eigenvalue weighted by atomic mass is 32.2. The van der Waals surface area contributed by atoms with Gasteiger partial charge in [-0.2, -0.15) is 0 Å². The third-order valence-corrected chi connectivity index (χ3v) is 6.08. The largest absolute Gasteiger partial charge is 0.343 e. The van der Waals surface area contributed by atoms with Gasteiger partial charge in [0.05, 0.1) is 6.04 Å². The molecule has 0 spiro atoms. The molecule has 2 atom stereocenters. The Hall–Kier alpha value is -1.30. The number of aliphatic imine (C=N–C) groups is 1. The number of nitrogens with one attached hydrogen (secondary N) is 1. The average molecular weight is 350 g/mol. The first-order valence-electron chi connectivity index (χ1n) is 9.11. The van der Waals surface area contributed by atoms with Gasteiger partial charge in [0.1, 0.15) is 5.25 Å². The first kappa shape index (κ1) is 17.5. The minimum atomic E-state index is -0.328. The second-order valence-corrected chi connectivity index (χ2v) is 8.22. The number of amides is 2. The molecule has 5 nitrogen and oxygen atoms in total. The van der Waals surface area contributed by atoms with Crippen molar-refractivity contribution < 1.29 is 9.59 Å². The quantitative estimate of drug-likeness (QED) is 0.797. The second-order valence-electron chi connectivity index (χ2n) is 7.03. The van der Waals surface area contributed by atoms with Crippen LogP contribution in [0, 0.1) is 0 Å². The van der Waals surface area contributed by atoms with Gasteiger partial charge in [-0.1, -0.05) is 36.8 Å². The molecule has 2 heterocycles. The van der Waals surface area contributed by atoms with E-state index in [9.17, 15) is 9.59 Å². The number of hydrogen-bond acceptors (Lipinski definition) is 4. The van der Waals surface area contributed by atoms with Crippen LogP contribution in [0.1, 0.15) is 57.8 Å². The van der Waals surface area contributed by atoms with E-state index in [0.29, 0.717) is 5.17 Å². The topological polar surface area (TPSA) is 61.8 Å². The fraction of sp³-hybridized carbons (Fsp3) is 0.722. The number of rotatable bonds is 3. The SMILES string of the molecule is C=C1CCCC(N=C2NC(=O)C(CC(=O)N3CCCCCC3)S2)C1. The fourth-order valence-electron chi connectivity index (χ4n) is 3.61. The van der Waals surface area contributed by atoms with Gasteiger partial charge in [-0.3, -0.25) is 14.6 Å². The maximum absolute atomic E-state index is 12.5. The molecule has 2 amide bonds. The van der Waals surface area contributed by atoms with E-state index >= 15 is 0 Å². The van der Waals surface area contributed by atoms with Crippen molar-refractivity contribution in [2.75, 3.05) is 13.1 Å². The summed E-state index contributed by atoms with van der Waals surface area (Å²) in [5, 5.41) is 3.22. The minimum absolute atomic E-state index is 0.0726. The van der Waals surface area contributed by atoms with E-state index in [1.54, 1.807) is 0 Å². The van der Waals surface area contributed by atoms with Crippen LogP contribution in [0.4, 0.5) is 0 Å². The third kappa shape index (κ3) is 4.62. The van der Waals surface area contributed by atoms with E-state index in [0.717, 1.165) is 51.6 Å². The summed E-state index contributed by atoms with van der Waals surface area (Å²) in [6.45, 7) is 5.73. The summed E-state index contributed by atoms with van der Waals surface area (Å²) in [4.78, 5) is 31.3. The molecule has 0 aromatic carbocycles. The lowest BCUT2D eigenvalue weighted by Gasteiger charge is -2.21. The van der Waals surface area contributed by atoms with Gasteiger partial charge in [-0.25, -0.2) is 0 Å². The van der Waals surface area contributed by atoms with Crippen LogP contribution >= 0.6 is 11.8 Å². The summed E-state index contributed by atoms with van der Waals surface area (Å²) in [5.74, 6) is 0.0356. The van der Waals surface area contributed by atoms with Gasteiger partial charge >= 0.3 is 0 Å². The van der Waals surface area contributed by atoms with Gasteiger partial charge in [-0.05, 0) is 38.5 Å². The predicted molar refractivity (Wildman–Crippen MR) is 98.0 cm³/mol. The summed E-state index contributed by atoms with van der Waals surface area (Å²) in [6.07, 6.45) is 9.02. The smallest absolute Gasteiger partial charge is 0.240 e. The van der Waals surface area contributed by atoms with Crippen molar-refractivity contribution >= 4 is 28.7 Å². The Morgan fingerprint density at radius 1 is 1.25 bits per heavy atom. The summed E-state index contributed by atoms with van der Waals surface area (Å²) in [6, 6.07) is 0.231. The first-order valence-corrected chi connectivity index (χ1v) is 9.99. The Morgan fingerprint density at radius 3 is 2.71 bits per heavy atom. The van der Waals surface area contributed by atoms with E-state index in [1.807, 2.05) is 4.90 Å². The molecule has 1 saturated carbocycles. The third-order valence-electron chi connectivity index (χ3n) is 4.99. The highest BCUT2D eigenvalue weighted by Crippen LogP contribution is 2.28. The molecule has 132 valence electrons. The van der Waals surface area contributed by atoms with Crippen molar-refractivity contribution in [2.24, 2.45) is 4.99 Å². The molecule has 3 fully saturated rings. The average Bonchev–Trinajstić information content (AvgIpc) is 2.77. The molecule has 6 heteroatoms. The van der Waals surface area contributed by atoms with Crippen molar-refractivity contribution in [3.63, 3.8) is 0 Å². The molecule has 3 rings (SSSR count). The van der Waals surface area contributed by atoms with Crippen LogP contribution in [-0.4, -0.2) is 46.3 Å². The van der Waals surface area contributed by atoms with Crippen molar-refractivity contribution in [2.45, 2.75) is 69.1 Å². The molecule has 1 N–H and O–H groups in total. The molecule has 3 aliphatic rings. The predicted octanol–water partition coefficient (Wildman–Crippen LogP) is 2.87. The molecule has 2 saturated heterocycles. The fourth-order valence-corrected chi connectivity index (χ4v) is 4.64. The molecule has 0 aromatic heterocycles. The van der Waals surface area contributed by atoms with E-state index in [1.165, 1.54) is 30.2 Å². The maximum atomic E-state index is 12.5. The maximum Gasteiger partial charge on any atom is 0.240 e. The molecular formula is C18H27N3O2S. The van der Waals surface area contributed by atoms with Crippen LogP contribution < -0.4 is 5.32 Å². The van der Waals surface area contributed by atoms with E-state index < -0.39 is 0 Å². The Balaban J connectivity index is 1.54. The van der Waals surface area contributed by atoms with Crippen LogP contribution in [0.5, 0.6) is 0 Å². The number of thioether (sulfide) groups is 1. The molecule has 1 aliphatic carbocycles. The zero-order valence-electron chi connectivity index (χ0n) is 14.3. The molecular weight excluding hydrogens is 322 g/mol. The zero-order chi connectivity index (χ0) is 16.9. The van der Waals surface area contributed by atoms with Gasteiger partial charge in [0, 0.05) is 19.5 Å². The molecule has 24 heavy (non-hydrogen) atoms. The summed E-state index contributed by atoms with van der Waals surface area (Å²) in [7, 11) is 0. The van der Waals surface area contributed by atoms with Crippen molar-refractivity contribution in [1.29, 1.82) is 0 Å². The van der Waals surface area contributed by atoms with Crippen LogP contribution in [0.3, 0.4) is 0 Å². The van der Waals surface area contributed by atoms with Crippen LogP contribution in [0.25, 0.3) is 0 Å². The Labute approximate surface area is 148 Å². The number of hydrogen-bond donors (Lipinski definition) is 1. The Morgan fingerprint density at radius 2 is 2.00 bits per heavy atom. The summed E-state index contributed by atoms with van der Waals surface area (Å²) >= 11 is 1.42. The number of carbonyl (C=O) groups is 2. The standard InChI is InChI=1S/C18H27N3O2S/c1-13-7-6-8-14(11-13)19-18-20-17(23)15(24-18)12-16(22)21-9-4-2-3-5-10-21/h14-15H,1-12H2,(H,19,20,23). The molecule has 2 aliphatic heterocycles. The lowest BCUT2D eigenvalue weighted by Crippen LogP contribution is -2.35. The molecule has 2 unspecified atom stereocenters. The highest BCUT2D eigenvalue weighted by Gasteiger charge is 2.34. The van der Waals surface area contributed by atoms with Crippen molar-refractivity contribution in [3.8, 4) is 0 Å². The normalized spacial score (nSPS) is 30.3. The number of amidine groups is 1. The van der Waals surface area contributed by atoms with Gasteiger partial charge in [0.15, 0.2) is 5.17 Å². The highest BCUT2D eigenvalue weighted by molar-refractivity contribution is 8.15. The van der Waals surface area contributed by atoms with E-state index in [4.69, 9.17) is 0 Å². The lowest BCUT2D eigenvalue weighted by atomic mass is 9.92. The van der Waals surface area contributed by atoms with Gasteiger partial charge < -0.3 is 10.2 Å². The molecule has 0 radical (unpaired) electrons. The van der Waals surface area contributed by atoms with E-state index in [2.05, 4.69) is 16.9 Å². The van der Waals surface area contributed by atoms with Gasteiger partial charge in [0.25, 0.3) is 0 Å². The van der Waals surface area contributed by atoms with Crippen LogP contribution in [0.15, 0.2) is 17.1 Å². The monoisotopic (exact) mass is 349 g/mol. The first-order chi connectivity index (χ1) is 11.6. The second kappa shape index (κ2) is 8.19. The van der Waals surface area contributed by atoms with E-state index in [-0.39, 0.29) is 29.5 Å². The number of carbonyl (C=O) groups excluding carboxylic acids is 2. The summed E-state index contributed by atoms with van der Waals surface area (Å²) in [5.41, 5.74) is 1.25. The van der Waals surface area contributed by atoms with Crippen LogP contribution in [-0.2, 0) is 9.59 Å². The van der Waals surface area contributed by atoms with Gasteiger partial charge in [-0.15, -0.1) is 0 Å². The molecule has 0 bridgehead atoms. The van der Waals surface area contributed by atoms with Crippen LogP contribution in [0.2, 0.25) is 0 Å². The number of nitrogens with zero attached hydrogens (tertiary/aromatic N) is 2. The number of likely N-dealkylation sites (tertiary alicyclic amines) is 1.